The van der Waals surface area contributed by atoms with Crippen LogP contribution in [0.3, 0.4) is 0 Å². The summed E-state index contributed by atoms with van der Waals surface area (Å²) in [5, 5.41) is 14.9. The first-order valence-corrected chi connectivity index (χ1v) is 10.7. The molecule has 1 aromatic heterocycles. The average molecular weight is 424 g/mol. The van der Waals surface area contributed by atoms with E-state index in [0.717, 1.165) is 5.56 Å². The number of benzene rings is 2. The molecule has 0 radical (unpaired) electrons. The molecule has 0 bridgehead atoms. The van der Waals surface area contributed by atoms with E-state index in [0.29, 0.717) is 16.5 Å². The zero-order valence-corrected chi connectivity index (χ0v) is 18.0. The SMILES string of the molecule is C[C@H](NC(=O)CSc1nnc([C@H](C)NC(=O)c2ccccc2)n1C)c1ccccc1. The van der Waals surface area contributed by atoms with Crippen molar-refractivity contribution >= 4 is 23.6 Å². The van der Waals surface area contributed by atoms with Gasteiger partial charge >= 0.3 is 0 Å². The summed E-state index contributed by atoms with van der Waals surface area (Å²) >= 11 is 1.31. The quantitative estimate of drug-likeness (QED) is 0.543. The maximum atomic E-state index is 12.4. The fourth-order valence-electron chi connectivity index (χ4n) is 3.00. The van der Waals surface area contributed by atoms with Gasteiger partial charge in [0.1, 0.15) is 0 Å². The number of thioether (sulfide) groups is 1. The van der Waals surface area contributed by atoms with E-state index < -0.39 is 0 Å². The van der Waals surface area contributed by atoms with Gasteiger partial charge in [0.15, 0.2) is 11.0 Å². The van der Waals surface area contributed by atoms with Crippen LogP contribution in [-0.2, 0) is 11.8 Å². The summed E-state index contributed by atoms with van der Waals surface area (Å²) in [6.07, 6.45) is 0. The molecule has 0 aliphatic rings. The Morgan fingerprint density at radius 2 is 1.57 bits per heavy atom. The van der Waals surface area contributed by atoms with E-state index >= 15 is 0 Å². The molecule has 2 atom stereocenters. The molecule has 3 aromatic rings. The van der Waals surface area contributed by atoms with Gasteiger partial charge in [0, 0.05) is 12.6 Å². The molecule has 156 valence electrons. The highest BCUT2D eigenvalue weighted by atomic mass is 32.2. The Hall–Kier alpha value is -3.13. The van der Waals surface area contributed by atoms with Crippen LogP contribution in [0.4, 0.5) is 0 Å². The fraction of sp³-hybridized carbons (Fsp3) is 0.273. The van der Waals surface area contributed by atoms with Crippen molar-refractivity contribution < 1.29 is 9.59 Å². The van der Waals surface area contributed by atoms with Crippen molar-refractivity contribution in [2.24, 2.45) is 7.05 Å². The van der Waals surface area contributed by atoms with Gasteiger partial charge in [-0.1, -0.05) is 60.3 Å². The fourth-order valence-corrected chi connectivity index (χ4v) is 3.73. The Balaban J connectivity index is 1.54. The molecule has 2 amide bonds. The van der Waals surface area contributed by atoms with Gasteiger partial charge in [-0.05, 0) is 31.5 Å². The number of rotatable bonds is 8. The van der Waals surface area contributed by atoms with E-state index in [1.165, 1.54) is 11.8 Å². The van der Waals surface area contributed by atoms with Gasteiger partial charge in [-0.15, -0.1) is 10.2 Å². The van der Waals surface area contributed by atoms with Crippen molar-refractivity contribution in [3.63, 3.8) is 0 Å². The van der Waals surface area contributed by atoms with Gasteiger partial charge in [-0.3, -0.25) is 9.59 Å². The van der Waals surface area contributed by atoms with Crippen LogP contribution < -0.4 is 10.6 Å². The van der Waals surface area contributed by atoms with Crippen LogP contribution in [0.5, 0.6) is 0 Å². The monoisotopic (exact) mass is 423 g/mol. The molecule has 0 aliphatic heterocycles. The van der Waals surface area contributed by atoms with Gasteiger partial charge < -0.3 is 15.2 Å². The number of carbonyl (C=O) groups excluding carboxylic acids is 2. The van der Waals surface area contributed by atoms with Gasteiger partial charge in [0.05, 0.1) is 17.8 Å². The van der Waals surface area contributed by atoms with E-state index in [1.54, 1.807) is 16.7 Å². The highest BCUT2D eigenvalue weighted by molar-refractivity contribution is 7.99. The Morgan fingerprint density at radius 1 is 0.933 bits per heavy atom. The average Bonchev–Trinajstić information content (AvgIpc) is 3.14. The Labute approximate surface area is 180 Å². The summed E-state index contributed by atoms with van der Waals surface area (Å²) in [4.78, 5) is 24.7. The summed E-state index contributed by atoms with van der Waals surface area (Å²) in [7, 11) is 1.83. The second-order valence-corrected chi connectivity index (χ2v) is 7.89. The van der Waals surface area contributed by atoms with Gasteiger partial charge in [0.2, 0.25) is 5.91 Å². The molecule has 0 unspecified atom stereocenters. The van der Waals surface area contributed by atoms with Crippen LogP contribution in [0, 0.1) is 0 Å². The lowest BCUT2D eigenvalue weighted by Gasteiger charge is -2.14. The van der Waals surface area contributed by atoms with E-state index in [4.69, 9.17) is 0 Å². The Kier molecular flexibility index (Phi) is 7.24. The molecule has 0 saturated carbocycles. The number of carbonyl (C=O) groups is 2. The predicted octanol–water partition coefficient (Wildman–Crippen LogP) is 3.28. The number of hydrogen-bond donors (Lipinski definition) is 2. The maximum Gasteiger partial charge on any atom is 0.251 e. The molecule has 0 saturated heterocycles. The third-order valence-corrected chi connectivity index (χ3v) is 5.67. The summed E-state index contributed by atoms with van der Waals surface area (Å²) in [5.41, 5.74) is 1.64. The van der Waals surface area contributed by atoms with Gasteiger partial charge in [-0.25, -0.2) is 0 Å². The molecule has 0 aliphatic carbocycles. The maximum absolute atomic E-state index is 12.4. The summed E-state index contributed by atoms with van der Waals surface area (Å²) in [6, 6.07) is 18.4. The first kappa shape index (κ1) is 21.6. The van der Waals surface area contributed by atoms with Gasteiger partial charge in [-0.2, -0.15) is 0 Å². The minimum Gasteiger partial charge on any atom is -0.349 e. The highest BCUT2D eigenvalue weighted by Gasteiger charge is 2.19. The van der Waals surface area contributed by atoms with Gasteiger partial charge in [0.25, 0.3) is 5.91 Å². The van der Waals surface area contributed by atoms with Crippen molar-refractivity contribution in [1.29, 1.82) is 0 Å². The van der Waals surface area contributed by atoms with Crippen molar-refractivity contribution in [2.75, 3.05) is 5.75 Å². The van der Waals surface area contributed by atoms with E-state index in [1.807, 2.05) is 69.4 Å². The molecule has 1 heterocycles. The second-order valence-electron chi connectivity index (χ2n) is 6.95. The molecule has 0 spiro atoms. The van der Waals surface area contributed by atoms with Crippen LogP contribution >= 0.6 is 11.8 Å². The number of amides is 2. The van der Waals surface area contributed by atoms with Crippen LogP contribution in [0.2, 0.25) is 0 Å². The predicted molar refractivity (Wildman–Crippen MR) is 117 cm³/mol. The standard InChI is InChI=1S/C22H25N5O2S/c1-15(17-10-6-4-7-11-17)23-19(28)14-30-22-26-25-20(27(22)3)16(2)24-21(29)18-12-8-5-9-13-18/h4-13,15-16H,14H2,1-3H3,(H,23,28)(H,24,29)/t15-,16-/m0/s1. The van der Waals surface area contributed by atoms with Crippen molar-refractivity contribution in [2.45, 2.75) is 31.1 Å². The molecule has 30 heavy (non-hydrogen) atoms. The van der Waals surface area contributed by atoms with Crippen LogP contribution in [0.25, 0.3) is 0 Å². The van der Waals surface area contributed by atoms with Crippen molar-refractivity contribution in [3.05, 3.63) is 77.6 Å². The minimum absolute atomic E-state index is 0.0671. The molecular weight excluding hydrogens is 398 g/mol. The Bertz CT molecular complexity index is 991. The minimum atomic E-state index is -0.323. The normalized spacial score (nSPS) is 12.8. The third-order valence-electron chi connectivity index (χ3n) is 4.65. The lowest BCUT2D eigenvalue weighted by Crippen LogP contribution is -2.28. The van der Waals surface area contributed by atoms with E-state index in [9.17, 15) is 9.59 Å². The zero-order valence-electron chi connectivity index (χ0n) is 17.2. The molecule has 2 aromatic carbocycles. The summed E-state index contributed by atoms with van der Waals surface area (Å²) in [5.74, 6) is 0.606. The lowest BCUT2D eigenvalue weighted by atomic mass is 10.1. The summed E-state index contributed by atoms with van der Waals surface area (Å²) < 4.78 is 1.80. The number of nitrogens with one attached hydrogen (secondary N) is 2. The van der Waals surface area contributed by atoms with E-state index in [2.05, 4.69) is 20.8 Å². The largest absolute Gasteiger partial charge is 0.349 e. The van der Waals surface area contributed by atoms with Crippen LogP contribution in [-0.4, -0.2) is 32.3 Å². The number of nitrogens with zero attached hydrogens (tertiary/aromatic N) is 3. The van der Waals surface area contributed by atoms with Crippen molar-refractivity contribution in [3.8, 4) is 0 Å². The highest BCUT2D eigenvalue weighted by Crippen LogP contribution is 2.20. The van der Waals surface area contributed by atoms with Crippen LogP contribution in [0.1, 0.15) is 47.7 Å². The first-order chi connectivity index (χ1) is 14.5. The van der Waals surface area contributed by atoms with Crippen LogP contribution in [0.15, 0.2) is 65.8 Å². The first-order valence-electron chi connectivity index (χ1n) is 9.68. The molecule has 8 heteroatoms. The number of aromatic nitrogens is 3. The summed E-state index contributed by atoms with van der Waals surface area (Å²) in [6.45, 7) is 3.81. The van der Waals surface area contributed by atoms with E-state index in [-0.39, 0.29) is 29.7 Å². The molecule has 7 nitrogen and oxygen atoms in total. The smallest absolute Gasteiger partial charge is 0.251 e. The molecule has 0 fully saturated rings. The second kappa shape index (κ2) is 10.1. The zero-order chi connectivity index (χ0) is 21.5. The molecule has 3 rings (SSSR count). The number of hydrogen-bond acceptors (Lipinski definition) is 5. The third kappa shape index (κ3) is 5.48. The Morgan fingerprint density at radius 3 is 2.23 bits per heavy atom. The molecular formula is C22H25N5O2S. The topological polar surface area (TPSA) is 88.9 Å². The lowest BCUT2D eigenvalue weighted by molar-refractivity contribution is -0.119. The van der Waals surface area contributed by atoms with Crippen molar-refractivity contribution in [1.82, 2.24) is 25.4 Å². The molecule has 2 N–H and O–H groups in total.